The Kier molecular flexibility index (Phi) is 5.93. The van der Waals surface area contributed by atoms with Crippen LogP contribution in [0.1, 0.15) is 39.5 Å². The zero-order chi connectivity index (χ0) is 12.8. The van der Waals surface area contributed by atoms with Crippen molar-refractivity contribution in [2.75, 3.05) is 45.8 Å². The monoisotopic (exact) mass is 253 g/mol. The summed E-state index contributed by atoms with van der Waals surface area (Å²) in [5.74, 6) is 0.810. The van der Waals surface area contributed by atoms with E-state index in [9.17, 15) is 0 Å². The molecule has 1 unspecified atom stereocenters. The van der Waals surface area contributed by atoms with E-state index in [2.05, 4.69) is 29.0 Å². The molecule has 2 heterocycles. The van der Waals surface area contributed by atoms with E-state index in [0.717, 1.165) is 12.0 Å². The van der Waals surface area contributed by atoms with Crippen LogP contribution in [0.15, 0.2) is 0 Å². The third kappa shape index (κ3) is 4.87. The van der Waals surface area contributed by atoms with Gasteiger partial charge in [-0.05, 0) is 44.7 Å². The molecule has 2 saturated heterocycles. The number of hydrogen-bond acceptors (Lipinski definition) is 3. The standard InChI is InChI=1S/C15H31N3/c1-14(2)13-18-11-9-17(10-12-18)8-4-6-15-5-3-7-16-15/h14-16H,3-13H2,1-2H3. The normalized spacial score (nSPS) is 27.2. The van der Waals surface area contributed by atoms with Gasteiger partial charge >= 0.3 is 0 Å². The summed E-state index contributed by atoms with van der Waals surface area (Å²) in [6, 6.07) is 0.826. The van der Waals surface area contributed by atoms with Crippen molar-refractivity contribution >= 4 is 0 Å². The van der Waals surface area contributed by atoms with Crippen molar-refractivity contribution in [2.45, 2.75) is 45.6 Å². The Balaban J connectivity index is 1.53. The van der Waals surface area contributed by atoms with Crippen molar-refractivity contribution in [2.24, 2.45) is 5.92 Å². The minimum absolute atomic E-state index is 0.810. The van der Waals surface area contributed by atoms with Crippen LogP contribution in [0.4, 0.5) is 0 Å². The Hall–Kier alpha value is -0.120. The summed E-state index contributed by atoms with van der Waals surface area (Å²) in [5.41, 5.74) is 0. The first-order valence-electron chi connectivity index (χ1n) is 7.92. The fraction of sp³-hybridized carbons (Fsp3) is 1.00. The largest absolute Gasteiger partial charge is 0.314 e. The summed E-state index contributed by atoms with van der Waals surface area (Å²) in [6.45, 7) is 13.6. The van der Waals surface area contributed by atoms with Gasteiger partial charge in [0, 0.05) is 38.8 Å². The van der Waals surface area contributed by atoms with Gasteiger partial charge < -0.3 is 15.1 Å². The molecule has 3 nitrogen and oxygen atoms in total. The van der Waals surface area contributed by atoms with Crippen LogP contribution < -0.4 is 5.32 Å². The van der Waals surface area contributed by atoms with Crippen molar-refractivity contribution in [3.05, 3.63) is 0 Å². The van der Waals surface area contributed by atoms with E-state index in [-0.39, 0.29) is 0 Å². The van der Waals surface area contributed by atoms with E-state index >= 15 is 0 Å². The topological polar surface area (TPSA) is 18.5 Å². The molecule has 0 spiro atoms. The van der Waals surface area contributed by atoms with E-state index in [1.165, 1.54) is 71.5 Å². The van der Waals surface area contributed by atoms with Crippen molar-refractivity contribution < 1.29 is 0 Å². The zero-order valence-corrected chi connectivity index (χ0v) is 12.3. The molecule has 1 N–H and O–H groups in total. The molecule has 3 heteroatoms. The van der Waals surface area contributed by atoms with E-state index in [0.29, 0.717) is 0 Å². The first kappa shape index (κ1) is 14.3. The van der Waals surface area contributed by atoms with Crippen molar-refractivity contribution in [1.82, 2.24) is 15.1 Å². The summed E-state index contributed by atoms with van der Waals surface area (Å²) in [7, 11) is 0. The fourth-order valence-electron chi connectivity index (χ4n) is 3.28. The molecule has 0 amide bonds. The second-order valence-corrected chi connectivity index (χ2v) is 6.47. The van der Waals surface area contributed by atoms with Crippen LogP contribution in [0.2, 0.25) is 0 Å². The van der Waals surface area contributed by atoms with Crippen LogP contribution in [-0.4, -0.2) is 61.7 Å². The van der Waals surface area contributed by atoms with Gasteiger partial charge in [-0.1, -0.05) is 13.8 Å². The summed E-state index contributed by atoms with van der Waals surface area (Å²) < 4.78 is 0. The summed E-state index contributed by atoms with van der Waals surface area (Å²) in [5, 5.41) is 3.60. The SMILES string of the molecule is CC(C)CN1CCN(CCCC2CCCN2)CC1. The predicted molar refractivity (Wildman–Crippen MR) is 78.0 cm³/mol. The quantitative estimate of drug-likeness (QED) is 0.778. The lowest BCUT2D eigenvalue weighted by molar-refractivity contribution is 0.120. The molecule has 2 rings (SSSR count). The van der Waals surface area contributed by atoms with Crippen LogP contribution in [0.5, 0.6) is 0 Å². The van der Waals surface area contributed by atoms with Gasteiger partial charge in [-0.25, -0.2) is 0 Å². The maximum absolute atomic E-state index is 3.60. The highest BCUT2D eigenvalue weighted by molar-refractivity contribution is 4.76. The van der Waals surface area contributed by atoms with Gasteiger partial charge in [-0.15, -0.1) is 0 Å². The number of rotatable bonds is 6. The highest BCUT2D eigenvalue weighted by Crippen LogP contribution is 2.12. The molecule has 0 saturated carbocycles. The number of nitrogens with one attached hydrogen (secondary N) is 1. The third-order valence-electron chi connectivity index (χ3n) is 4.28. The molecule has 0 aliphatic carbocycles. The van der Waals surface area contributed by atoms with Gasteiger partial charge in [0.25, 0.3) is 0 Å². The molecule has 0 aromatic heterocycles. The minimum atomic E-state index is 0.810. The Morgan fingerprint density at radius 2 is 1.83 bits per heavy atom. The van der Waals surface area contributed by atoms with Crippen molar-refractivity contribution in [3.63, 3.8) is 0 Å². The van der Waals surface area contributed by atoms with Crippen LogP contribution in [0, 0.1) is 5.92 Å². The molecule has 1 atom stereocenters. The van der Waals surface area contributed by atoms with Crippen LogP contribution in [0.25, 0.3) is 0 Å². The Morgan fingerprint density at radius 3 is 2.44 bits per heavy atom. The first-order chi connectivity index (χ1) is 8.74. The molecule has 106 valence electrons. The van der Waals surface area contributed by atoms with Gasteiger partial charge in [-0.3, -0.25) is 0 Å². The molecule has 2 aliphatic heterocycles. The Bertz CT molecular complexity index is 216. The second-order valence-electron chi connectivity index (χ2n) is 6.47. The van der Waals surface area contributed by atoms with E-state index in [1.54, 1.807) is 0 Å². The molecular weight excluding hydrogens is 222 g/mol. The molecule has 0 aromatic carbocycles. The average molecular weight is 253 g/mol. The van der Waals surface area contributed by atoms with Gasteiger partial charge in [0.1, 0.15) is 0 Å². The lowest BCUT2D eigenvalue weighted by atomic mass is 10.1. The second kappa shape index (κ2) is 7.46. The summed E-state index contributed by atoms with van der Waals surface area (Å²) >= 11 is 0. The molecule has 2 aliphatic rings. The molecule has 18 heavy (non-hydrogen) atoms. The molecular formula is C15H31N3. The summed E-state index contributed by atoms with van der Waals surface area (Å²) in [6.07, 6.45) is 5.55. The highest BCUT2D eigenvalue weighted by Gasteiger charge is 2.18. The van der Waals surface area contributed by atoms with E-state index in [1.807, 2.05) is 0 Å². The van der Waals surface area contributed by atoms with Gasteiger partial charge in [0.15, 0.2) is 0 Å². The lowest BCUT2D eigenvalue weighted by Gasteiger charge is -2.35. The van der Waals surface area contributed by atoms with Crippen LogP contribution >= 0.6 is 0 Å². The van der Waals surface area contributed by atoms with Crippen molar-refractivity contribution in [1.29, 1.82) is 0 Å². The van der Waals surface area contributed by atoms with E-state index in [4.69, 9.17) is 0 Å². The number of nitrogens with zero attached hydrogens (tertiary/aromatic N) is 2. The highest BCUT2D eigenvalue weighted by atomic mass is 15.3. The molecule has 0 aromatic rings. The maximum atomic E-state index is 3.60. The number of piperazine rings is 1. The van der Waals surface area contributed by atoms with Gasteiger partial charge in [-0.2, -0.15) is 0 Å². The number of hydrogen-bond donors (Lipinski definition) is 1. The summed E-state index contributed by atoms with van der Waals surface area (Å²) in [4.78, 5) is 5.28. The lowest BCUT2D eigenvalue weighted by Crippen LogP contribution is -2.47. The average Bonchev–Trinajstić information content (AvgIpc) is 2.84. The Morgan fingerprint density at radius 1 is 1.11 bits per heavy atom. The maximum Gasteiger partial charge on any atom is 0.0110 e. The smallest absolute Gasteiger partial charge is 0.0110 e. The first-order valence-corrected chi connectivity index (χ1v) is 7.92. The molecule has 2 fully saturated rings. The third-order valence-corrected chi connectivity index (χ3v) is 4.28. The Labute approximate surface area is 113 Å². The fourth-order valence-corrected chi connectivity index (χ4v) is 3.28. The zero-order valence-electron chi connectivity index (χ0n) is 12.3. The predicted octanol–water partition coefficient (Wildman–Crippen LogP) is 1.79. The van der Waals surface area contributed by atoms with Crippen LogP contribution in [-0.2, 0) is 0 Å². The molecule has 0 radical (unpaired) electrons. The van der Waals surface area contributed by atoms with Crippen molar-refractivity contribution in [3.8, 4) is 0 Å². The van der Waals surface area contributed by atoms with Gasteiger partial charge in [0.05, 0.1) is 0 Å². The van der Waals surface area contributed by atoms with Crippen LogP contribution in [0.3, 0.4) is 0 Å². The van der Waals surface area contributed by atoms with Gasteiger partial charge in [0.2, 0.25) is 0 Å². The van der Waals surface area contributed by atoms with E-state index < -0.39 is 0 Å². The molecule has 0 bridgehead atoms. The minimum Gasteiger partial charge on any atom is -0.314 e.